The third-order valence-electron chi connectivity index (χ3n) is 3.42. The molecule has 27 heavy (non-hydrogen) atoms. The predicted octanol–water partition coefficient (Wildman–Crippen LogP) is 2.19. The number of carbonyl (C=O) groups is 2. The van der Waals surface area contributed by atoms with Gasteiger partial charge in [-0.1, -0.05) is 0 Å². The van der Waals surface area contributed by atoms with E-state index in [0.717, 1.165) is 0 Å². The van der Waals surface area contributed by atoms with Gasteiger partial charge in [0, 0.05) is 5.69 Å². The number of ether oxygens (including phenoxy) is 3. The van der Waals surface area contributed by atoms with Crippen molar-refractivity contribution in [2.24, 2.45) is 5.10 Å². The Kier molecular flexibility index (Phi) is 7.18. The van der Waals surface area contributed by atoms with Crippen LogP contribution in [0.15, 0.2) is 47.6 Å². The Hall–Kier alpha value is -3.55. The molecule has 0 radical (unpaired) electrons. The Morgan fingerprint density at radius 1 is 1.00 bits per heavy atom. The zero-order chi connectivity index (χ0) is 19.6. The van der Waals surface area contributed by atoms with Gasteiger partial charge in [0.2, 0.25) is 0 Å². The van der Waals surface area contributed by atoms with Gasteiger partial charge in [0.15, 0.2) is 11.5 Å². The van der Waals surface area contributed by atoms with Gasteiger partial charge >= 0.3 is 11.8 Å². The van der Waals surface area contributed by atoms with Crippen LogP contribution >= 0.6 is 0 Å². The van der Waals surface area contributed by atoms with E-state index in [1.54, 1.807) is 49.6 Å². The second-order valence-corrected chi connectivity index (χ2v) is 5.23. The molecule has 0 aliphatic carbocycles. The number of hydrazone groups is 1. The molecule has 2 aromatic rings. The zero-order valence-corrected chi connectivity index (χ0v) is 15.3. The monoisotopic (exact) mass is 371 g/mol. The summed E-state index contributed by atoms with van der Waals surface area (Å²) >= 11 is 0. The van der Waals surface area contributed by atoms with Crippen LogP contribution in [0.1, 0.15) is 12.5 Å². The molecule has 0 aliphatic rings. The van der Waals surface area contributed by atoms with Gasteiger partial charge in [-0.3, -0.25) is 9.59 Å². The summed E-state index contributed by atoms with van der Waals surface area (Å²) in [5.74, 6) is 0.0822. The summed E-state index contributed by atoms with van der Waals surface area (Å²) in [6.45, 7) is 2.39. The maximum absolute atomic E-state index is 11.9. The number of methoxy groups -OCH3 is 2. The minimum absolute atomic E-state index is 0.469. The number of carbonyl (C=O) groups excluding carboxylic acids is 2. The van der Waals surface area contributed by atoms with Gasteiger partial charge in [-0.05, 0) is 55.0 Å². The maximum atomic E-state index is 11.9. The fourth-order valence-corrected chi connectivity index (χ4v) is 2.12. The summed E-state index contributed by atoms with van der Waals surface area (Å²) < 4.78 is 15.7. The Bertz CT molecular complexity index is 819. The van der Waals surface area contributed by atoms with Crippen molar-refractivity contribution >= 4 is 23.7 Å². The molecule has 0 saturated heterocycles. The number of hydrogen-bond acceptors (Lipinski definition) is 6. The van der Waals surface area contributed by atoms with Crippen LogP contribution in [0.3, 0.4) is 0 Å². The van der Waals surface area contributed by atoms with Crippen LogP contribution in [0.5, 0.6) is 17.2 Å². The van der Waals surface area contributed by atoms with E-state index in [9.17, 15) is 9.59 Å². The van der Waals surface area contributed by atoms with E-state index in [-0.39, 0.29) is 0 Å². The average molecular weight is 371 g/mol. The Balaban J connectivity index is 1.92. The van der Waals surface area contributed by atoms with Crippen molar-refractivity contribution in [2.75, 3.05) is 26.1 Å². The third kappa shape index (κ3) is 5.74. The standard InChI is InChI=1S/C19H21N3O5/c1-4-27-16-10-5-13(11-17(16)26-3)12-20-22-19(24)18(23)21-14-6-8-15(25-2)9-7-14/h5-12H,4H2,1-3H3,(H,21,23)(H,22,24)/b20-12-. The van der Waals surface area contributed by atoms with E-state index in [1.807, 2.05) is 6.92 Å². The first-order valence-corrected chi connectivity index (χ1v) is 8.16. The molecule has 0 aliphatic heterocycles. The molecular weight excluding hydrogens is 350 g/mol. The third-order valence-corrected chi connectivity index (χ3v) is 3.42. The van der Waals surface area contributed by atoms with E-state index in [0.29, 0.717) is 35.1 Å². The Morgan fingerprint density at radius 2 is 1.74 bits per heavy atom. The fourth-order valence-electron chi connectivity index (χ4n) is 2.12. The maximum Gasteiger partial charge on any atom is 0.329 e. The highest BCUT2D eigenvalue weighted by atomic mass is 16.5. The topological polar surface area (TPSA) is 98.2 Å². The Labute approximate surface area is 157 Å². The number of rotatable bonds is 7. The van der Waals surface area contributed by atoms with Crippen LogP contribution in [0.4, 0.5) is 5.69 Å². The molecule has 0 saturated carbocycles. The minimum atomic E-state index is -0.889. The molecule has 2 N–H and O–H groups in total. The summed E-state index contributed by atoms with van der Waals surface area (Å²) in [5, 5.41) is 6.25. The molecule has 8 heteroatoms. The van der Waals surface area contributed by atoms with Crippen LogP contribution in [-0.4, -0.2) is 38.9 Å². The van der Waals surface area contributed by atoms with E-state index in [1.165, 1.54) is 13.3 Å². The first-order valence-electron chi connectivity index (χ1n) is 8.16. The second-order valence-electron chi connectivity index (χ2n) is 5.23. The summed E-state index contributed by atoms with van der Waals surface area (Å²) in [5.41, 5.74) is 3.31. The second kappa shape index (κ2) is 9.81. The molecule has 0 bridgehead atoms. The number of nitrogens with one attached hydrogen (secondary N) is 2. The molecule has 8 nitrogen and oxygen atoms in total. The largest absolute Gasteiger partial charge is 0.497 e. The molecule has 0 unspecified atom stereocenters. The van der Waals surface area contributed by atoms with Crippen LogP contribution in [0.25, 0.3) is 0 Å². The van der Waals surface area contributed by atoms with Crippen LogP contribution < -0.4 is 25.0 Å². The van der Waals surface area contributed by atoms with Crippen molar-refractivity contribution in [2.45, 2.75) is 6.92 Å². The lowest BCUT2D eigenvalue weighted by Gasteiger charge is -2.09. The van der Waals surface area contributed by atoms with Gasteiger partial charge in [0.1, 0.15) is 5.75 Å². The van der Waals surface area contributed by atoms with Crippen molar-refractivity contribution in [1.29, 1.82) is 0 Å². The van der Waals surface area contributed by atoms with E-state index < -0.39 is 11.8 Å². The number of benzene rings is 2. The minimum Gasteiger partial charge on any atom is -0.497 e. The molecule has 2 aromatic carbocycles. The number of amides is 2. The number of hydrogen-bond donors (Lipinski definition) is 2. The number of anilines is 1. The van der Waals surface area contributed by atoms with Crippen molar-refractivity contribution in [3.8, 4) is 17.2 Å². The fraction of sp³-hybridized carbons (Fsp3) is 0.211. The van der Waals surface area contributed by atoms with E-state index >= 15 is 0 Å². The molecule has 0 atom stereocenters. The Morgan fingerprint density at radius 3 is 2.37 bits per heavy atom. The van der Waals surface area contributed by atoms with Gasteiger partial charge in [-0.25, -0.2) is 5.43 Å². The highest BCUT2D eigenvalue weighted by Gasteiger charge is 2.13. The highest BCUT2D eigenvalue weighted by Crippen LogP contribution is 2.27. The van der Waals surface area contributed by atoms with Gasteiger partial charge < -0.3 is 19.5 Å². The molecular formula is C19H21N3O5. The van der Waals surface area contributed by atoms with Crippen molar-refractivity contribution in [3.63, 3.8) is 0 Å². The first-order chi connectivity index (χ1) is 13.1. The molecule has 2 amide bonds. The predicted molar refractivity (Wildman–Crippen MR) is 102 cm³/mol. The molecule has 0 aromatic heterocycles. The summed E-state index contributed by atoms with van der Waals surface area (Å²) in [4.78, 5) is 23.7. The lowest BCUT2D eigenvalue weighted by Crippen LogP contribution is -2.32. The molecule has 0 spiro atoms. The molecule has 142 valence electrons. The smallest absolute Gasteiger partial charge is 0.329 e. The van der Waals surface area contributed by atoms with Crippen molar-refractivity contribution in [3.05, 3.63) is 48.0 Å². The van der Waals surface area contributed by atoms with Crippen LogP contribution in [0.2, 0.25) is 0 Å². The van der Waals surface area contributed by atoms with Gasteiger partial charge in [0.25, 0.3) is 0 Å². The normalized spacial score (nSPS) is 10.3. The van der Waals surface area contributed by atoms with Crippen molar-refractivity contribution in [1.82, 2.24) is 5.43 Å². The summed E-state index contributed by atoms with van der Waals surface area (Å²) in [6, 6.07) is 11.8. The quantitative estimate of drug-likeness (QED) is 0.442. The lowest BCUT2D eigenvalue weighted by molar-refractivity contribution is -0.136. The van der Waals surface area contributed by atoms with Crippen LogP contribution in [-0.2, 0) is 9.59 Å². The lowest BCUT2D eigenvalue weighted by atomic mass is 10.2. The summed E-state index contributed by atoms with van der Waals surface area (Å²) in [7, 11) is 3.07. The average Bonchev–Trinajstić information content (AvgIpc) is 2.69. The molecule has 0 heterocycles. The highest BCUT2D eigenvalue weighted by molar-refractivity contribution is 6.39. The number of nitrogens with zero attached hydrogens (tertiary/aromatic N) is 1. The van der Waals surface area contributed by atoms with Crippen LogP contribution in [0, 0.1) is 0 Å². The van der Waals surface area contributed by atoms with Gasteiger partial charge in [-0.2, -0.15) is 5.10 Å². The first kappa shape index (κ1) is 19.8. The summed E-state index contributed by atoms with van der Waals surface area (Å²) in [6.07, 6.45) is 1.40. The van der Waals surface area contributed by atoms with E-state index in [4.69, 9.17) is 14.2 Å². The van der Waals surface area contributed by atoms with E-state index in [2.05, 4.69) is 15.8 Å². The SMILES string of the molecule is CCOc1ccc(/C=N\NC(=O)C(=O)Nc2ccc(OC)cc2)cc1OC. The zero-order valence-electron chi connectivity index (χ0n) is 15.3. The van der Waals surface area contributed by atoms with Gasteiger partial charge in [0.05, 0.1) is 27.0 Å². The molecule has 2 rings (SSSR count). The van der Waals surface area contributed by atoms with Gasteiger partial charge in [-0.15, -0.1) is 0 Å². The molecule has 0 fully saturated rings. The van der Waals surface area contributed by atoms with Crippen molar-refractivity contribution < 1.29 is 23.8 Å².